The molecule has 0 heterocycles. The van der Waals surface area contributed by atoms with E-state index in [9.17, 15) is 22.8 Å². The van der Waals surface area contributed by atoms with Crippen LogP contribution in [-0.4, -0.2) is 29.2 Å². The Hall–Kier alpha value is -1.27. The van der Waals surface area contributed by atoms with E-state index in [1.165, 1.54) is 0 Å². The van der Waals surface area contributed by atoms with Crippen molar-refractivity contribution >= 4 is 11.9 Å². The highest BCUT2D eigenvalue weighted by Crippen LogP contribution is 2.40. The summed E-state index contributed by atoms with van der Waals surface area (Å²) in [4.78, 5) is 22.8. The molecule has 7 heteroatoms. The molecule has 0 aromatic carbocycles. The Morgan fingerprint density at radius 2 is 1.71 bits per heavy atom. The summed E-state index contributed by atoms with van der Waals surface area (Å²) in [7, 11) is 0. The Morgan fingerprint density at radius 3 is 2.10 bits per heavy atom. The second-order valence-electron chi connectivity index (χ2n) is 6.09. The number of hydrogen-bond acceptors (Lipinski definition) is 2. The summed E-state index contributed by atoms with van der Waals surface area (Å²) in [6.45, 7) is 3.38. The highest BCUT2D eigenvalue weighted by atomic mass is 19.4. The number of alkyl halides is 3. The molecule has 122 valence electrons. The van der Waals surface area contributed by atoms with Crippen molar-refractivity contribution in [3.63, 3.8) is 0 Å². The quantitative estimate of drug-likeness (QED) is 0.820. The van der Waals surface area contributed by atoms with E-state index < -0.39 is 30.0 Å². The predicted octanol–water partition coefficient (Wildman–Crippen LogP) is 2.97. The number of amides is 1. The van der Waals surface area contributed by atoms with Crippen molar-refractivity contribution in [1.29, 1.82) is 0 Å². The lowest BCUT2D eigenvalue weighted by atomic mass is 9.80. The SMILES string of the molecule is CC(C)C(NC(=O)CC1CCC(C(F)(F)F)CC1)C(=O)O. The molecule has 1 fully saturated rings. The fourth-order valence-electron chi connectivity index (χ4n) is 2.70. The van der Waals surface area contributed by atoms with Crippen molar-refractivity contribution in [2.75, 3.05) is 0 Å². The molecule has 0 spiro atoms. The molecule has 0 aromatic heterocycles. The summed E-state index contributed by atoms with van der Waals surface area (Å²) in [5, 5.41) is 11.4. The zero-order chi connectivity index (χ0) is 16.2. The van der Waals surface area contributed by atoms with Crippen molar-refractivity contribution in [2.45, 2.75) is 58.2 Å². The van der Waals surface area contributed by atoms with Crippen LogP contribution in [0.3, 0.4) is 0 Å². The molecule has 1 unspecified atom stereocenters. The summed E-state index contributed by atoms with van der Waals surface area (Å²) < 4.78 is 37.6. The standard InChI is InChI=1S/C14H22F3NO3/c1-8(2)12(13(20)21)18-11(19)7-9-3-5-10(6-4-9)14(15,16)17/h8-10,12H,3-7H2,1-2H3,(H,18,19)(H,20,21). The second-order valence-corrected chi connectivity index (χ2v) is 6.09. The summed E-state index contributed by atoms with van der Waals surface area (Å²) in [5.41, 5.74) is 0. The topological polar surface area (TPSA) is 66.4 Å². The van der Waals surface area contributed by atoms with Gasteiger partial charge in [-0.05, 0) is 37.5 Å². The van der Waals surface area contributed by atoms with Crippen LogP contribution in [0.5, 0.6) is 0 Å². The van der Waals surface area contributed by atoms with Gasteiger partial charge in [0.1, 0.15) is 6.04 Å². The number of nitrogens with one attached hydrogen (secondary N) is 1. The highest BCUT2D eigenvalue weighted by molar-refractivity contribution is 5.83. The molecule has 1 saturated carbocycles. The first kappa shape index (κ1) is 17.8. The zero-order valence-corrected chi connectivity index (χ0v) is 12.2. The molecule has 0 bridgehead atoms. The molecule has 2 N–H and O–H groups in total. The lowest BCUT2D eigenvalue weighted by molar-refractivity contribution is -0.184. The minimum absolute atomic E-state index is 0.0496. The Balaban J connectivity index is 2.42. The smallest absolute Gasteiger partial charge is 0.391 e. The fourth-order valence-corrected chi connectivity index (χ4v) is 2.70. The average Bonchev–Trinajstić information content (AvgIpc) is 2.34. The maximum absolute atomic E-state index is 12.5. The third-order valence-corrected chi connectivity index (χ3v) is 4.03. The Kier molecular flexibility index (Phi) is 6.04. The molecular weight excluding hydrogens is 287 g/mol. The number of carbonyl (C=O) groups excluding carboxylic acids is 1. The van der Waals surface area contributed by atoms with Crippen molar-refractivity contribution < 1.29 is 27.9 Å². The number of aliphatic carboxylic acids is 1. The van der Waals surface area contributed by atoms with Gasteiger partial charge in [-0.3, -0.25) is 4.79 Å². The minimum atomic E-state index is -4.15. The van der Waals surface area contributed by atoms with E-state index in [1.54, 1.807) is 13.8 Å². The molecule has 1 aliphatic rings. The number of hydrogen-bond donors (Lipinski definition) is 2. The van der Waals surface area contributed by atoms with E-state index >= 15 is 0 Å². The Morgan fingerprint density at radius 1 is 1.19 bits per heavy atom. The molecular formula is C14H22F3NO3. The van der Waals surface area contributed by atoms with Gasteiger partial charge < -0.3 is 10.4 Å². The van der Waals surface area contributed by atoms with E-state index in [0.717, 1.165) is 0 Å². The van der Waals surface area contributed by atoms with Gasteiger partial charge in [0.2, 0.25) is 5.91 Å². The number of carboxylic acid groups (broad SMARTS) is 1. The van der Waals surface area contributed by atoms with Crippen LogP contribution >= 0.6 is 0 Å². The van der Waals surface area contributed by atoms with Gasteiger partial charge in [-0.2, -0.15) is 13.2 Å². The third-order valence-electron chi connectivity index (χ3n) is 4.03. The van der Waals surface area contributed by atoms with Crippen molar-refractivity contribution in [3.8, 4) is 0 Å². The van der Waals surface area contributed by atoms with Crippen LogP contribution in [0, 0.1) is 17.8 Å². The molecule has 0 radical (unpaired) electrons. The van der Waals surface area contributed by atoms with Crippen LogP contribution in [-0.2, 0) is 9.59 Å². The summed E-state index contributed by atoms with van der Waals surface area (Å²) in [5.74, 6) is -3.09. The van der Waals surface area contributed by atoms with E-state index in [1.807, 2.05) is 0 Å². The number of rotatable bonds is 5. The maximum Gasteiger partial charge on any atom is 0.391 e. The van der Waals surface area contributed by atoms with E-state index in [-0.39, 0.29) is 31.1 Å². The molecule has 4 nitrogen and oxygen atoms in total. The molecule has 1 amide bonds. The molecule has 1 atom stereocenters. The van der Waals surface area contributed by atoms with Crippen molar-refractivity contribution in [3.05, 3.63) is 0 Å². The first-order valence-electron chi connectivity index (χ1n) is 7.20. The Labute approximate surface area is 122 Å². The number of carboxylic acids is 1. The van der Waals surface area contributed by atoms with E-state index in [4.69, 9.17) is 5.11 Å². The van der Waals surface area contributed by atoms with Gasteiger partial charge in [0.05, 0.1) is 5.92 Å². The average molecular weight is 309 g/mol. The van der Waals surface area contributed by atoms with Crippen LogP contribution in [0.4, 0.5) is 13.2 Å². The van der Waals surface area contributed by atoms with Crippen LogP contribution < -0.4 is 5.32 Å². The van der Waals surface area contributed by atoms with Crippen LogP contribution in [0.1, 0.15) is 46.0 Å². The Bertz CT molecular complexity index is 374. The zero-order valence-electron chi connectivity index (χ0n) is 12.2. The van der Waals surface area contributed by atoms with Gasteiger partial charge in [-0.25, -0.2) is 4.79 Å². The van der Waals surface area contributed by atoms with Gasteiger partial charge in [0.25, 0.3) is 0 Å². The van der Waals surface area contributed by atoms with Crippen molar-refractivity contribution in [2.24, 2.45) is 17.8 Å². The summed E-state index contributed by atoms with van der Waals surface area (Å²) in [6, 6.07) is -0.955. The van der Waals surface area contributed by atoms with Gasteiger partial charge >= 0.3 is 12.1 Å². The first-order valence-corrected chi connectivity index (χ1v) is 7.20. The molecule has 1 rings (SSSR count). The van der Waals surface area contributed by atoms with Gasteiger partial charge in [0, 0.05) is 6.42 Å². The number of carbonyl (C=O) groups is 2. The molecule has 1 aliphatic carbocycles. The lowest BCUT2D eigenvalue weighted by Crippen LogP contribution is -2.45. The molecule has 21 heavy (non-hydrogen) atoms. The second kappa shape index (κ2) is 7.13. The number of halogens is 3. The van der Waals surface area contributed by atoms with Crippen molar-refractivity contribution in [1.82, 2.24) is 5.32 Å². The molecule has 0 aliphatic heterocycles. The normalized spacial score (nSPS) is 24.7. The summed E-state index contributed by atoms with van der Waals surface area (Å²) >= 11 is 0. The minimum Gasteiger partial charge on any atom is -0.480 e. The van der Waals surface area contributed by atoms with Gasteiger partial charge in [-0.15, -0.1) is 0 Å². The third kappa shape index (κ3) is 5.55. The van der Waals surface area contributed by atoms with E-state index in [2.05, 4.69) is 5.32 Å². The first-order chi connectivity index (χ1) is 9.61. The van der Waals surface area contributed by atoms with Crippen LogP contribution in [0.25, 0.3) is 0 Å². The molecule has 0 aromatic rings. The maximum atomic E-state index is 12.5. The van der Waals surface area contributed by atoms with E-state index in [0.29, 0.717) is 12.8 Å². The highest BCUT2D eigenvalue weighted by Gasteiger charge is 2.41. The summed E-state index contributed by atoms with van der Waals surface area (Å²) in [6.07, 6.45) is -3.24. The predicted molar refractivity (Wildman–Crippen MR) is 70.5 cm³/mol. The van der Waals surface area contributed by atoms with Crippen LogP contribution in [0.15, 0.2) is 0 Å². The van der Waals surface area contributed by atoms with Crippen LogP contribution in [0.2, 0.25) is 0 Å². The molecule has 0 saturated heterocycles. The fraction of sp³-hybridized carbons (Fsp3) is 0.857. The monoisotopic (exact) mass is 309 g/mol. The largest absolute Gasteiger partial charge is 0.480 e. The van der Waals surface area contributed by atoms with Gasteiger partial charge in [0.15, 0.2) is 0 Å². The lowest BCUT2D eigenvalue weighted by Gasteiger charge is -2.29. The van der Waals surface area contributed by atoms with Gasteiger partial charge in [-0.1, -0.05) is 13.8 Å².